The molecule has 1 atom stereocenters. The van der Waals surface area contributed by atoms with Gasteiger partial charge in [0, 0.05) is 6.04 Å². The molecule has 5 nitrogen and oxygen atoms in total. The van der Waals surface area contributed by atoms with Crippen LogP contribution in [0.3, 0.4) is 0 Å². The average Bonchev–Trinajstić information content (AvgIpc) is 2.80. The highest BCUT2D eigenvalue weighted by Gasteiger charge is 2.30. The summed E-state index contributed by atoms with van der Waals surface area (Å²) in [7, 11) is 0. The fourth-order valence-electron chi connectivity index (χ4n) is 3.47. The van der Waals surface area contributed by atoms with Gasteiger partial charge in [-0.3, -0.25) is 9.59 Å². The van der Waals surface area contributed by atoms with Crippen molar-refractivity contribution in [1.82, 2.24) is 5.32 Å². The molecule has 0 amide bonds. The molecule has 3 rings (SSSR count). The topological polar surface area (TPSA) is 86.6 Å². The van der Waals surface area contributed by atoms with Crippen LogP contribution in [-0.2, 0) is 22.2 Å². The van der Waals surface area contributed by atoms with Crippen molar-refractivity contribution >= 4 is 22.7 Å². The summed E-state index contributed by atoms with van der Waals surface area (Å²) >= 11 is 0. The molecule has 34 heavy (non-hydrogen) atoms. The van der Waals surface area contributed by atoms with E-state index in [0.717, 1.165) is 24.6 Å². The van der Waals surface area contributed by atoms with E-state index >= 15 is 0 Å². The van der Waals surface area contributed by atoms with Gasteiger partial charge >= 0.3 is 18.1 Å². The van der Waals surface area contributed by atoms with Gasteiger partial charge < -0.3 is 15.5 Å². The van der Waals surface area contributed by atoms with Gasteiger partial charge in [-0.2, -0.15) is 13.2 Å². The van der Waals surface area contributed by atoms with Crippen LogP contribution in [0.5, 0.6) is 0 Å². The van der Waals surface area contributed by atoms with Gasteiger partial charge in [0.15, 0.2) is 0 Å². The zero-order chi connectivity index (χ0) is 25.1. The Kier molecular flexibility index (Phi) is 10.1. The van der Waals surface area contributed by atoms with E-state index in [0.29, 0.717) is 6.42 Å². The van der Waals surface area contributed by atoms with Gasteiger partial charge in [0.05, 0.1) is 18.4 Å². The highest BCUT2D eigenvalue weighted by atomic mass is 19.4. The van der Waals surface area contributed by atoms with Crippen LogP contribution in [-0.4, -0.2) is 28.7 Å². The smallest absolute Gasteiger partial charge is 0.416 e. The van der Waals surface area contributed by atoms with Crippen molar-refractivity contribution in [3.8, 4) is 0 Å². The highest BCUT2D eigenvalue weighted by molar-refractivity contribution is 5.86. The molecule has 0 aliphatic heterocycles. The van der Waals surface area contributed by atoms with Crippen molar-refractivity contribution in [1.29, 1.82) is 0 Å². The summed E-state index contributed by atoms with van der Waals surface area (Å²) in [5.74, 6) is -2.15. The highest BCUT2D eigenvalue weighted by Crippen LogP contribution is 2.29. The van der Waals surface area contributed by atoms with Crippen molar-refractivity contribution in [2.45, 2.75) is 44.8 Å². The minimum atomic E-state index is -4.28. The van der Waals surface area contributed by atoms with Crippen LogP contribution >= 0.6 is 0 Å². The third-order valence-corrected chi connectivity index (χ3v) is 5.19. The van der Waals surface area contributed by atoms with Gasteiger partial charge in [0.1, 0.15) is 0 Å². The van der Waals surface area contributed by atoms with Crippen LogP contribution in [0, 0.1) is 0 Å². The Balaban J connectivity index is 0.000000440. The molecule has 0 aromatic heterocycles. The molecular formula is C26H28F3NO4. The standard InChI is InChI=1S/C22H22F3N.C4H6O4/c1-16(20-13-5-10-18-9-2-3-12-21(18)20)26-14-6-8-17-7-4-11-19(15-17)22(23,24)25;5-3(6)1-2-4(7)8/h2-5,7,9-13,15-16,26H,6,8,14H2,1H3;1-2H2,(H,5,6)(H,7,8)/t16-;/m1./s1. The summed E-state index contributed by atoms with van der Waals surface area (Å²) < 4.78 is 38.3. The van der Waals surface area contributed by atoms with Gasteiger partial charge in [0.25, 0.3) is 0 Å². The van der Waals surface area contributed by atoms with E-state index in [2.05, 4.69) is 42.6 Å². The first-order chi connectivity index (χ1) is 16.1. The van der Waals surface area contributed by atoms with E-state index in [9.17, 15) is 22.8 Å². The Morgan fingerprint density at radius 3 is 2.18 bits per heavy atom. The van der Waals surface area contributed by atoms with Gasteiger partial charge in [-0.1, -0.05) is 60.7 Å². The predicted octanol–water partition coefficient (Wildman–Crippen LogP) is 6.08. The number of aryl methyl sites for hydroxylation is 1. The largest absolute Gasteiger partial charge is 0.481 e. The van der Waals surface area contributed by atoms with Crippen molar-refractivity contribution < 1.29 is 33.0 Å². The maximum Gasteiger partial charge on any atom is 0.416 e. The zero-order valence-electron chi connectivity index (χ0n) is 18.8. The number of aliphatic carboxylic acids is 2. The molecule has 3 aromatic carbocycles. The summed E-state index contributed by atoms with van der Waals surface area (Å²) in [6, 6.07) is 20.3. The SMILES string of the molecule is C[C@@H](NCCCc1cccc(C(F)(F)F)c1)c1cccc2ccccc12.O=C(O)CCC(=O)O. The molecule has 0 aliphatic carbocycles. The number of halogens is 3. The molecule has 0 aliphatic rings. The first-order valence-electron chi connectivity index (χ1n) is 10.9. The van der Waals surface area contributed by atoms with E-state index in [1.165, 1.54) is 28.5 Å². The number of hydrogen-bond donors (Lipinski definition) is 3. The van der Waals surface area contributed by atoms with Gasteiger partial charge in [-0.15, -0.1) is 0 Å². The fourth-order valence-corrected chi connectivity index (χ4v) is 3.47. The second-order valence-electron chi connectivity index (χ2n) is 7.83. The Morgan fingerprint density at radius 2 is 1.53 bits per heavy atom. The molecule has 0 saturated heterocycles. The average molecular weight is 476 g/mol. The lowest BCUT2D eigenvalue weighted by Crippen LogP contribution is -2.20. The number of carboxylic acids is 2. The Morgan fingerprint density at radius 1 is 0.912 bits per heavy atom. The quantitative estimate of drug-likeness (QED) is 0.327. The molecule has 0 heterocycles. The summed E-state index contributed by atoms with van der Waals surface area (Å²) in [6.45, 7) is 2.87. The van der Waals surface area contributed by atoms with E-state index in [-0.39, 0.29) is 18.9 Å². The van der Waals surface area contributed by atoms with Crippen molar-refractivity contribution in [2.24, 2.45) is 0 Å². The van der Waals surface area contributed by atoms with Gasteiger partial charge in [-0.25, -0.2) is 0 Å². The molecule has 0 bridgehead atoms. The van der Waals surface area contributed by atoms with Crippen LogP contribution in [0.25, 0.3) is 10.8 Å². The molecule has 0 saturated carbocycles. The number of carboxylic acid groups (broad SMARTS) is 2. The molecule has 0 fully saturated rings. The molecule has 3 aromatic rings. The maximum absolute atomic E-state index is 12.8. The zero-order valence-corrected chi connectivity index (χ0v) is 18.8. The fraction of sp³-hybridized carbons (Fsp3) is 0.308. The second-order valence-corrected chi connectivity index (χ2v) is 7.83. The molecule has 8 heteroatoms. The van der Waals surface area contributed by atoms with Crippen LogP contribution in [0.1, 0.15) is 48.9 Å². The lowest BCUT2D eigenvalue weighted by Gasteiger charge is -2.17. The summed E-state index contributed by atoms with van der Waals surface area (Å²) in [5, 5.41) is 21.7. The lowest BCUT2D eigenvalue weighted by molar-refractivity contribution is -0.143. The summed E-state index contributed by atoms with van der Waals surface area (Å²) in [5.41, 5.74) is 1.38. The Labute approximate surface area is 196 Å². The second kappa shape index (κ2) is 12.7. The Bertz CT molecular complexity index is 1080. The number of fused-ring (bicyclic) bond motifs is 1. The third kappa shape index (κ3) is 8.86. The van der Waals surface area contributed by atoms with Crippen LogP contribution in [0.15, 0.2) is 66.7 Å². The first kappa shape index (κ1) is 26.9. The molecule has 0 radical (unpaired) electrons. The minimum absolute atomic E-state index is 0.183. The number of alkyl halides is 3. The van der Waals surface area contributed by atoms with E-state index < -0.39 is 23.7 Å². The number of nitrogens with one attached hydrogen (secondary N) is 1. The van der Waals surface area contributed by atoms with Crippen molar-refractivity contribution in [3.63, 3.8) is 0 Å². The summed E-state index contributed by atoms with van der Waals surface area (Å²) in [4.78, 5) is 19.3. The number of benzene rings is 3. The summed E-state index contributed by atoms with van der Waals surface area (Å²) in [6.07, 6.45) is -3.46. The van der Waals surface area contributed by atoms with Crippen molar-refractivity contribution in [2.75, 3.05) is 6.54 Å². The maximum atomic E-state index is 12.8. The van der Waals surface area contributed by atoms with Gasteiger partial charge in [-0.05, 0) is 54.3 Å². The normalized spacial score (nSPS) is 12.0. The first-order valence-corrected chi connectivity index (χ1v) is 10.9. The monoisotopic (exact) mass is 475 g/mol. The predicted molar refractivity (Wildman–Crippen MR) is 125 cm³/mol. The molecule has 0 unspecified atom stereocenters. The third-order valence-electron chi connectivity index (χ3n) is 5.19. The number of rotatable bonds is 9. The molecule has 182 valence electrons. The number of hydrogen-bond acceptors (Lipinski definition) is 3. The molecule has 3 N–H and O–H groups in total. The number of carbonyl (C=O) groups is 2. The van der Waals surface area contributed by atoms with E-state index in [1.54, 1.807) is 6.07 Å². The van der Waals surface area contributed by atoms with Crippen molar-refractivity contribution in [3.05, 3.63) is 83.4 Å². The molecular weight excluding hydrogens is 447 g/mol. The Hall–Kier alpha value is -3.39. The van der Waals surface area contributed by atoms with Gasteiger partial charge in [0.2, 0.25) is 0 Å². The van der Waals surface area contributed by atoms with Crippen LogP contribution < -0.4 is 5.32 Å². The molecule has 0 spiro atoms. The van der Waals surface area contributed by atoms with E-state index in [4.69, 9.17) is 10.2 Å². The minimum Gasteiger partial charge on any atom is -0.481 e. The van der Waals surface area contributed by atoms with E-state index in [1.807, 2.05) is 12.1 Å². The van der Waals surface area contributed by atoms with Crippen LogP contribution in [0.2, 0.25) is 0 Å². The lowest BCUT2D eigenvalue weighted by atomic mass is 9.99. The van der Waals surface area contributed by atoms with Crippen LogP contribution in [0.4, 0.5) is 13.2 Å².